The Labute approximate surface area is 130 Å². The Kier molecular flexibility index (Phi) is 39.1. The summed E-state index contributed by atoms with van der Waals surface area (Å²) in [5.41, 5.74) is 0. The second kappa shape index (κ2) is 31.4. The number of unbranched alkanes of at least 4 members (excludes halogenated alkanes) is 10. The van der Waals surface area contributed by atoms with Crippen molar-refractivity contribution in [1.29, 1.82) is 0 Å². The molecule has 126 valence electrons. The SMILES string of the molecule is CCCCCCC.CCCCCCCC.CCCCO. The van der Waals surface area contributed by atoms with Gasteiger partial charge in [-0.25, -0.2) is 0 Å². The van der Waals surface area contributed by atoms with Crippen molar-refractivity contribution in [2.75, 3.05) is 6.61 Å². The molecule has 0 aliphatic carbocycles. The first-order chi connectivity index (χ1) is 9.74. The molecular formula is C19H44O. The van der Waals surface area contributed by atoms with Gasteiger partial charge in [-0.3, -0.25) is 0 Å². The summed E-state index contributed by atoms with van der Waals surface area (Å²) in [6.45, 7) is 11.4. The molecule has 0 aliphatic rings. The molecule has 0 atom stereocenters. The van der Waals surface area contributed by atoms with Crippen LogP contribution < -0.4 is 0 Å². The molecule has 0 rings (SSSR count). The highest BCUT2D eigenvalue weighted by Crippen LogP contribution is 2.03. The van der Waals surface area contributed by atoms with Crippen LogP contribution in [-0.2, 0) is 0 Å². The third-order valence-electron chi connectivity index (χ3n) is 3.18. The Balaban J connectivity index is -0.000000223. The van der Waals surface area contributed by atoms with Crippen molar-refractivity contribution >= 4 is 0 Å². The van der Waals surface area contributed by atoms with Crippen LogP contribution in [0.5, 0.6) is 0 Å². The van der Waals surface area contributed by atoms with Crippen molar-refractivity contribution in [2.24, 2.45) is 0 Å². The van der Waals surface area contributed by atoms with Gasteiger partial charge in [-0.05, 0) is 6.42 Å². The molecule has 0 saturated carbocycles. The maximum absolute atomic E-state index is 8.07. The fourth-order valence-corrected chi connectivity index (χ4v) is 1.69. The zero-order valence-electron chi connectivity index (χ0n) is 15.3. The van der Waals surface area contributed by atoms with Crippen LogP contribution in [0.2, 0.25) is 0 Å². The largest absolute Gasteiger partial charge is 0.396 e. The van der Waals surface area contributed by atoms with Gasteiger partial charge in [0.2, 0.25) is 0 Å². The Morgan fingerprint density at radius 1 is 0.400 bits per heavy atom. The second-order valence-electron chi connectivity index (χ2n) is 5.55. The Morgan fingerprint density at radius 2 is 0.650 bits per heavy atom. The van der Waals surface area contributed by atoms with Crippen LogP contribution in [0, 0.1) is 0 Å². The molecule has 0 bridgehead atoms. The quantitative estimate of drug-likeness (QED) is 0.401. The van der Waals surface area contributed by atoms with Crippen LogP contribution in [-0.4, -0.2) is 11.7 Å². The minimum atomic E-state index is 0.344. The Hall–Kier alpha value is -0.0400. The summed E-state index contributed by atoms with van der Waals surface area (Å²) in [5.74, 6) is 0. The van der Waals surface area contributed by atoms with Crippen LogP contribution in [0.4, 0.5) is 0 Å². The fraction of sp³-hybridized carbons (Fsp3) is 1.00. The van der Waals surface area contributed by atoms with Crippen LogP contribution in [0.25, 0.3) is 0 Å². The maximum Gasteiger partial charge on any atom is 0.0430 e. The highest BCUT2D eigenvalue weighted by Gasteiger charge is 1.83. The van der Waals surface area contributed by atoms with E-state index in [9.17, 15) is 0 Å². The zero-order chi connectivity index (χ0) is 15.9. The van der Waals surface area contributed by atoms with Crippen molar-refractivity contribution in [3.05, 3.63) is 0 Å². The van der Waals surface area contributed by atoms with Crippen LogP contribution in [0.1, 0.15) is 118 Å². The van der Waals surface area contributed by atoms with E-state index < -0.39 is 0 Å². The summed E-state index contributed by atoms with van der Waals surface area (Å²) in [7, 11) is 0. The van der Waals surface area contributed by atoms with E-state index in [2.05, 4.69) is 34.6 Å². The minimum Gasteiger partial charge on any atom is -0.396 e. The van der Waals surface area contributed by atoms with Gasteiger partial charge < -0.3 is 5.11 Å². The van der Waals surface area contributed by atoms with Crippen molar-refractivity contribution in [1.82, 2.24) is 0 Å². The lowest BCUT2D eigenvalue weighted by Gasteiger charge is -1.93. The maximum atomic E-state index is 8.07. The number of hydrogen-bond acceptors (Lipinski definition) is 1. The van der Waals surface area contributed by atoms with Gasteiger partial charge in [0.05, 0.1) is 0 Å². The van der Waals surface area contributed by atoms with E-state index in [0.717, 1.165) is 12.8 Å². The van der Waals surface area contributed by atoms with Gasteiger partial charge in [0.1, 0.15) is 0 Å². The number of aliphatic hydroxyl groups is 1. The molecule has 0 heterocycles. The molecule has 0 unspecified atom stereocenters. The molecule has 0 radical (unpaired) electrons. The standard InChI is InChI=1S/C8H18.C7H16.C4H10O/c1-3-5-7-8-6-4-2;1-3-5-7-6-4-2;1-2-3-4-5/h3-8H2,1-2H3;3-7H2,1-2H3;5H,2-4H2,1H3. The van der Waals surface area contributed by atoms with Gasteiger partial charge >= 0.3 is 0 Å². The number of aliphatic hydroxyl groups excluding tert-OH is 1. The zero-order valence-corrected chi connectivity index (χ0v) is 15.3. The van der Waals surface area contributed by atoms with Crippen LogP contribution in [0.3, 0.4) is 0 Å². The average Bonchev–Trinajstić information content (AvgIpc) is 2.47. The highest BCUT2D eigenvalue weighted by atomic mass is 16.2. The second-order valence-corrected chi connectivity index (χ2v) is 5.55. The summed E-state index contributed by atoms with van der Waals surface area (Å²) in [4.78, 5) is 0. The number of hydrogen-bond donors (Lipinski definition) is 1. The lowest BCUT2D eigenvalue weighted by atomic mass is 10.1. The van der Waals surface area contributed by atoms with E-state index >= 15 is 0 Å². The Bertz CT molecular complexity index is 100. The number of rotatable bonds is 11. The van der Waals surface area contributed by atoms with Gasteiger partial charge in [0, 0.05) is 6.61 Å². The highest BCUT2D eigenvalue weighted by molar-refractivity contribution is 4.39. The molecule has 0 saturated heterocycles. The molecule has 1 heteroatoms. The van der Waals surface area contributed by atoms with Gasteiger partial charge in [-0.1, -0.05) is 112 Å². The molecule has 0 amide bonds. The summed E-state index contributed by atoms with van der Waals surface area (Å²) in [6.07, 6.45) is 17.5. The van der Waals surface area contributed by atoms with Gasteiger partial charge in [0.25, 0.3) is 0 Å². The minimum absolute atomic E-state index is 0.344. The van der Waals surface area contributed by atoms with Gasteiger partial charge in [-0.15, -0.1) is 0 Å². The lowest BCUT2D eigenvalue weighted by molar-refractivity contribution is 0.287. The monoisotopic (exact) mass is 288 g/mol. The molecule has 1 N–H and O–H groups in total. The summed E-state index contributed by atoms with van der Waals surface area (Å²) in [6, 6.07) is 0. The topological polar surface area (TPSA) is 20.2 Å². The molecule has 0 spiro atoms. The first kappa shape index (κ1) is 24.9. The van der Waals surface area contributed by atoms with Crippen molar-refractivity contribution in [2.45, 2.75) is 118 Å². The first-order valence-electron chi connectivity index (χ1n) is 9.35. The normalized spacial score (nSPS) is 9.30. The molecule has 20 heavy (non-hydrogen) atoms. The summed E-state index contributed by atoms with van der Waals surface area (Å²) in [5, 5.41) is 8.07. The van der Waals surface area contributed by atoms with E-state index in [1.807, 2.05) is 0 Å². The molecule has 0 aromatic rings. The lowest BCUT2D eigenvalue weighted by Crippen LogP contribution is -1.75. The third kappa shape index (κ3) is 43.0. The van der Waals surface area contributed by atoms with Crippen LogP contribution >= 0.6 is 0 Å². The van der Waals surface area contributed by atoms with Crippen molar-refractivity contribution < 1.29 is 5.11 Å². The van der Waals surface area contributed by atoms with E-state index in [-0.39, 0.29) is 0 Å². The smallest absolute Gasteiger partial charge is 0.0430 e. The molecule has 1 nitrogen and oxygen atoms in total. The molecule has 0 fully saturated rings. The molecule has 0 aromatic carbocycles. The van der Waals surface area contributed by atoms with Gasteiger partial charge in [0.15, 0.2) is 0 Å². The van der Waals surface area contributed by atoms with Crippen molar-refractivity contribution in [3.63, 3.8) is 0 Å². The van der Waals surface area contributed by atoms with E-state index in [0.29, 0.717) is 6.61 Å². The van der Waals surface area contributed by atoms with E-state index in [1.54, 1.807) is 0 Å². The predicted octanol–water partition coefficient (Wildman–Crippen LogP) is 7.12. The average molecular weight is 289 g/mol. The third-order valence-corrected chi connectivity index (χ3v) is 3.18. The molecular weight excluding hydrogens is 244 g/mol. The predicted molar refractivity (Wildman–Crippen MR) is 95.5 cm³/mol. The first-order valence-corrected chi connectivity index (χ1v) is 9.35. The summed E-state index contributed by atoms with van der Waals surface area (Å²) < 4.78 is 0. The fourth-order valence-electron chi connectivity index (χ4n) is 1.69. The van der Waals surface area contributed by atoms with Gasteiger partial charge in [-0.2, -0.15) is 0 Å². The van der Waals surface area contributed by atoms with Crippen molar-refractivity contribution in [3.8, 4) is 0 Å². The molecule has 0 aromatic heterocycles. The van der Waals surface area contributed by atoms with E-state index in [4.69, 9.17) is 5.11 Å². The Morgan fingerprint density at radius 3 is 0.800 bits per heavy atom. The molecule has 0 aliphatic heterocycles. The summed E-state index contributed by atoms with van der Waals surface area (Å²) >= 11 is 0. The van der Waals surface area contributed by atoms with Crippen LogP contribution in [0.15, 0.2) is 0 Å². The van der Waals surface area contributed by atoms with E-state index in [1.165, 1.54) is 70.6 Å².